The van der Waals surface area contributed by atoms with Gasteiger partial charge in [-0.1, -0.05) is 38.1 Å². The number of amides is 3. The number of ether oxygens (including phenoxy) is 3. The van der Waals surface area contributed by atoms with E-state index in [1.807, 2.05) is 63.2 Å². The Balaban J connectivity index is 1.62. The Kier molecular flexibility index (Phi) is 7.96. The van der Waals surface area contributed by atoms with Gasteiger partial charge in [-0.2, -0.15) is 0 Å². The summed E-state index contributed by atoms with van der Waals surface area (Å²) in [7, 11) is 2.74. The van der Waals surface area contributed by atoms with Crippen LogP contribution < -0.4 is 25.4 Å². The number of fused-ring (bicyclic) bond motifs is 1. The number of hydrogen-bond acceptors (Lipinski definition) is 6. The number of benzene rings is 3. The van der Waals surface area contributed by atoms with Crippen molar-refractivity contribution in [2.24, 2.45) is 0 Å². The summed E-state index contributed by atoms with van der Waals surface area (Å²) in [5.41, 5.74) is 3.14. The second kappa shape index (κ2) is 11.5. The first-order valence-electron chi connectivity index (χ1n) is 12.1. The lowest BCUT2D eigenvalue weighted by Gasteiger charge is -2.19. The predicted molar refractivity (Wildman–Crippen MR) is 149 cm³/mol. The summed E-state index contributed by atoms with van der Waals surface area (Å²) in [6.07, 6.45) is 1.05. The first-order valence-corrected chi connectivity index (χ1v) is 12.1. The molecular formula is C29H30N4O5. The maximum Gasteiger partial charge on any atom is 0.411 e. The zero-order chi connectivity index (χ0) is 27.2. The molecule has 1 aromatic heterocycles. The third-order valence-corrected chi connectivity index (χ3v) is 5.88. The maximum atomic E-state index is 13.1. The second-order valence-corrected chi connectivity index (χ2v) is 8.89. The fourth-order valence-electron chi connectivity index (χ4n) is 4.01. The summed E-state index contributed by atoms with van der Waals surface area (Å²) >= 11 is 0. The van der Waals surface area contributed by atoms with Crippen LogP contribution in [0, 0.1) is 6.92 Å². The molecule has 0 unspecified atom stereocenters. The molecule has 3 N–H and O–H groups in total. The molecule has 4 aromatic rings. The van der Waals surface area contributed by atoms with E-state index in [1.54, 1.807) is 24.4 Å². The summed E-state index contributed by atoms with van der Waals surface area (Å²) in [5.74, 6) is 1.76. The second-order valence-electron chi connectivity index (χ2n) is 8.89. The number of rotatable bonds is 7. The molecule has 0 saturated heterocycles. The molecule has 0 atom stereocenters. The van der Waals surface area contributed by atoms with Crippen LogP contribution in [0.1, 0.15) is 31.0 Å². The van der Waals surface area contributed by atoms with Crippen LogP contribution in [-0.2, 0) is 4.74 Å². The fourth-order valence-corrected chi connectivity index (χ4v) is 4.01. The van der Waals surface area contributed by atoms with E-state index in [2.05, 4.69) is 20.9 Å². The monoisotopic (exact) mass is 514 g/mol. The van der Waals surface area contributed by atoms with Crippen LogP contribution >= 0.6 is 0 Å². The number of urea groups is 1. The third-order valence-electron chi connectivity index (χ3n) is 5.88. The van der Waals surface area contributed by atoms with Crippen molar-refractivity contribution in [2.45, 2.75) is 26.7 Å². The van der Waals surface area contributed by atoms with E-state index in [0.29, 0.717) is 34.3 Å². The van der Waals surface area contributed by atoms with Crippen LogP contribution in [0.2, 0.25) is 0 Å². The van der Waals surface area contributed by atoms with Gasteiger partial charge in [0, 0.05) is 28.7 Å². The van der Waals surface area contributed by atoms with E-state index in [4.69, 9.17) is 14.2 Å². The van der Waals surface area contributed by atoms with E-state index < -0.39 is 12.1 Å². The lowest BCUT2D eigenvalue weighted by atomic mass is 10.0. The van der Waals surface area contributed by atoms with Gasteiger partial charge in [0.1, 0.15) is 11.5 Å². The number of aryl methyl sites for hydroxylation is 1. The van der Waals surface area contributed by atoms with E-state index >= 15 is 0 Å². The minimum atomic E-state index is -0.643. The van der Waals surface area contributed by atoms with Gasteiger partial charge < -0.3 is 24.8 Å². The summed E-state index contributed by atoms with van der Waals surface area (Å²) < 4.78 is 16.4. The first-order chi connectivity index (χ1) is 18.3. The molecule has 0 radical (unpaired) electrons. The average molecular weight is 515 g/mol. The molecule has 196 valence electrons. The van der Waals surface area contributed by atoms with Crippen LogP contribution in [0.25, 0.3) is 10.8 Å². The molecule has 0 fully saturated rings. The highest BCUT2D eigenvalue weighted by Gasteiger charge is 2.18. The van der Waals surface area contributed by atoms with Gasteiger partial charge >= 0.3 is 12.1 Å². The Morgan fingerprint density at radius 1 is 0.842 bits per heavy atom. The quantitative estimate of drug-likeness (QED) is 0.239. The van der Waals surface area contributed by atoms with Crippen molar-refractivity contribution >= 4 is 40.0 Å². The largest absolute Gasteiger partial charge is 0.492 e. The molecule has 0 bridgehead atoms. The molecule has 0 spiro atoms. The molecule has 0 aliphatic rings. The molecule has 1 heterocycles. The number of methoxy groups -OCH3 is 2. The van der Waals surface area contributed by atoms with Crippen LogP contribution in [0.5, 0.6) is 17.2 Å². The van der Waals surface area contributed by atoms with Gasteiger partial charge in [0.05, 0.1) is 31.3 Å². The molecule has 3 aromatic carbocycles. The van der Waals surface area contributed by atoms with Gasteiger partial charge in [-0.25, -0.2) is 9.59 Å². The van der Waals surface area contributed by atoms with Crippen molar-refractivity contribution in [3.05, 3.63) is 78.1 Å². The Morgan fingerprint density at radius 2 is 1.53 bits per heavy atom. The number of nitrogens with zero attached hydrogens (tertiary/aromatic N) is 1. The maximum absolute atomic E-state index is 13.1. The number of carbonyl (C=O) groups excluding carboxylic acids is 2. The SMILES string of the molecule is COC(=O)Nc1cc(C(C)C)cc(NC(=O)Nc2ccc(Oc3ccnc(C)c3)c3ccccc23)c1OC. The Hall–Kier alpha value is -4.79. The summed E-state index contributed by atoms with van der Waals surface area (Å²) in [6.45, 7) is 5.92. The van der Waals surface area contributed by atoms with Crippen molar-refractivity contribution in [2.75, 3.05) is 30.2 Å². The Bertz CT molecular complexity index is 1490. The number of anilines is 3. The van der Waals surface area contributed by atoms with E-state index in [0.717, 1.165) is 22.0 Å². The molecule has 0 aliphatic heterocycles. The van der Waals surface area contributed by atoms with Gasteiger partial charge in [-0.15, -0.1) is 0 Å². The lowest BCUT2D eigenvalue weighted by molar-refractivity contribution is 0.187. The topological polar surface area (TPSA) is 111 Å². The van der Waals surface area contributed by atoms with Crippen LogP contribution in [0.3, 0.4) is 0 Å². The van der Waals surface area contributed by atoms with Gasteiger partial charge in [-0.05, 0) is 48.7 Å². The van der Waals surface area contributed by atoms with Crippen LogP contribution in [0.4, 0.5) is 26.7 Å². The van der Waals surface area contributed by atoms with Gasteiger partial charge in [0.25, 0.3) is 0 Å². The molecule has 3 amide bonds. The normalized spacial score (nSPS) is 10.7. The van der Waals surface area contributed by atoms with Gasteiger partial charge in [0.2, 0.25) is 0 Å². The summed E-state index contributed by atoms with van der Waals surface area (Å²) in [5, 5.41) is 10.1. The smallest absolute Gasteiger partial charge is 0.411 e. The molecular weight excluding hydrogens is 484 g/mol. The van der Waals surface area contributed by atoms with Crippen molar-refractivity contribution in [1.82, 2.24) is 4.98 Å². The van der Waals surface area contributed by atoms with Crippen LogP contribution in [-0.4, -0.2) is 31.3 Å². The van der Waals surface area contributed by atoms with Crippen molar-refractivity contribution in [3.63, 3.8) is 0 Å². The van der Waals surface area contributed by atoms with E-state index in [9.17, 15) is 9.59 Å². The predicted octanol–water partition coefficient (Wildman–Crippen LogP) is 7.29. The van der Waals surface area contributed by atoms with E-state index in [1.165, 1.54) is 14.2 Å². The number of pyridine rings is 1. The molecule has 9 heteroatoms. The molecule has 38 heavy (non-hydrogen) atoms. The number of carbonyl (C=O) groups is 2. The molecule has 0 aliphatic carbocycles. The Labute approximate surface area is 221 Å². The molecule has 4 rings (SSSR count). The summed E-state index contributed by atoms with van der Waals surface area (Å²) in [4.78, 5) is 29.2. The average Bonchev–Trinajstić information content (AvgIpc) is 2.90. The zero-order valence-corrected chi connectivity index (χ0v) is 21.9. The highest BCUT2D eigenvalue weighted by Crippen LogP contribution is 2.38. The number of aromatic nitrogens is 1. The Morgan fingerprint density at radius 3 is 2.18 bits per heavy atom. The fraction of sp³-hybridized carbons (Fsp3) is 0.207. The third kappa shape index (κ3) is 5.95. The minimum Gasteiger partial charge on any atom is -0.492 e. The van der Waals surface area contributed by atoms with Gasteiger partial charge in [-0.3, -0.25) is 10.3 Å². The minimum absolute atomic E-state index is 0.128. The molecule has 0 saturated carbocycles. The van der Waals surface area contributed by atoms with Crippen molar-refractivity contribution in [1.29, 1.82) is 0 Å². The zero-order valence-electron chi connectivity index (χ0n) is 21.9. The van der Waals surface area contributed by atoms with Crippen LogP contribution in [0.15, 0.2) is 66.9 Å². The number of hydrogen-bond donors (Lipinski definition) is 3. The first kappa shape index (κ1) is 26.3. The standard InChI is InChI=1S/C29H30N4O5/c1-17(2)19-15-24(27(36-4)25(16-19)33-29(35)37-5)32-28(34)31-23-10-11-26(22-9-7-6-8-21(22)23)38-20-12-13-30-18(3)14-20/h6-17H,1-5H3,(H,33,35)(H2,31,32,34). The highest BCUT2D eigenvalue weighted by molar-refractivity contribution is 6.08. The van der Waals surface area contributed by atoms with E-state index in [-0.39, 0.29) is 5.92 Å². The van der Waals surface area contributed by atoms with Gasteiger partial charge in [0.15, 0.2) is 5.75 Å². The summed E-state index contributed by atoms with van der Waals surface area (Å²) in [6, 6.07) is 18.0. The van der Waals surface area contributed by atoms with Crippen molar-refractivity contribution < 1.29 is 23.8 Å². The highest BCUT2D eigenvalue weighted by atomic mass is 16.5. The lowest BCUT2D eigenvalue weighted by Crippen LogP contribution is -2.21. The molecule has 9 nitrogen and oxygen atoms in total. The number of nitrogens with one attached hydrogen (secondary N) is 3. The van der Waals surface area contributed by atoms with Crippen molar-refractivity contribution in [3.8, 4) is 17.2 Å².